The number of likely N-dealkylation sites (N-methyl/N-ethyl adjacent to an activating group) is 1. The van der Waals surface area contributed by atoms with Crippen molar-refractivity contribution in [2.45, 2.75) is 26.2 Å². The van der Waals surface area contributed by atoms with Crippen LogP contribution in [0.2, 0.25) is 0 Å². The van der Waals surface area contributed by atoms with E-state index in [1.165, 1.54) is 0 Å². The van der Waals surface area contributed by atoms with Gasteiger partial charge >= 0.3 is 0 Å². The lowest BCUT2D eigenvalue weighted by Gasteiger charge is -2.14. The van der Waals surface area contributed by atoms with Gasteiger partial charge < -0.3 is 15.4 Å². The molecule has 2 rings (SSSR count). The minimum atomic E-state index is -0.0564. The van der Waals surface area contributed by atoms with Crippen molar-refractivity contribution in [3.63, 3.8) is 0 Å². The van der Waals surface area contributed by atoms with Gasteiger partial charge in [0.15, 0.2) is 5.82 Å². The molecule has 0 bridgehead atoms. The fourth-order valence-electron chi connectivity index (χ4n) is 1.88. The highest BCUT2D eigenvalue weighted by Crippen LogP contribution is 2.24. The van der Waals surface area contributed by atoms with E-state index in [9.17, 15) is 0 Å². The molecule has 0 unspecified atom stereocenters. The van der Waals surface area contributed by atoms with E-state index in [0.717, 1.165) is 12.2 Å². The minimum absolute atomic E-state index is 0.0564. The number of pyridine rings is 1. The van der Waals surface area contributed by atoms with Crippen molar-refractivity contribution in [1.82, 2.24) is 19.7 Å². The van der Waals surface area contributed by atoms with Crippen molar-refractivity contribution < 1.29 is 4.74 Å². The molecule has 2 aromatic rings. The van der Waals surface area contributed by atoms with E-state index in [1.54, 1.807) is 4.68 Å². The van der Waals surface area contributed by atoms with E-state index in [2.05, 4.69) is 35.8 Å². The molecule has 2 N–H and O–H groups in total. The summed E-state index contributed by atoms with van der Waals surface area (Å²) in [4.78, 5) is 6.54. The fourth-order valence-corrected chi connectivity index (χ4v) is 1.88. The molecule has 0 aliphatic heterocycles. The number of rotatable bonds is 5. The Labute approximate surface area is 131 Å². The number of nitrogens with zero attached hydrogens (tertiary/aromatic N) is 4. The number of hydrogen-bond donors (Lipinski definition) is 1. The minimum Gasteiger partial charge on any atom is -0.476 e. The summed E-state index contributed by atoms with van der Waals surface area (Å²) in [6, 6.07) is 7.49. The Morgan fingerprint density at radius 1 is 1.27 bits per heavy atom. The maximum absolute atomic E-state index is 6.07. The van der Waals surface area contributed by atoms with Crippen molar-refractivity contribution in [2.75, 3.05) is 33.0 Å². The Hall–Kier alpha value is -2.08. The van der Waals surface area contributed by atoms with E-state index >= 15 is 0 Å². The van der Waals surface area contributed by atoms with E-state index in [-0.39, 0.29) is 5.41 Å². The third-order valence-corrected chi connectivity index (χ3v) is 3.22. The number of ether oxygens (including phenoxy) is 1. The molecule has 0 aliphatic rings. The van der Waals surface area contributed by atoms with Gasteiger partial charge in [0.2, 0.25) is 5.88 Å². The average Bonchev–Trinajstić information content (AvgIpc) is 2.81. The summed E-state index contributed by atoms with van der Waals surface area (Å²) < 4.78 is 7.31. The Balaban J connectivity index is 2.21. The largest absolute Gasteiger partial charge is 0.476 e. The van der Waals surface area contributed by atoms with Gasteiger partial charge in [-0.3, -0.25) is 0 Å². The van der Waals surface area contributed by atoms with Crippen LogP contribution in [0, 0.1) is 0 Å². The first-order valence-corrected chi connectivity index (χ1v) is 7.38. The molecule has 22 heavy (non-hydrogen) atoms. The number of nitrogens with two attached hydrogens (primary N) is 1. The molecule has 0 amide bonds. The average molecular weight is 303 g/mol. The van der Waals surface area contributed by atoms with Crippen LogP contribution in [0.4, 0.5) is 5.82 Å². The quantitative estimate of drug-likeness (QED) is 0.916. The van der Waals surface area contributed by atoms with E-state index in [0.29, 0.717) is 24.1 Å². The Bertz CT molecular complexity index is 628. The zero-order valence-corrected chi connectivity index (χ0v) is 14.0. The highest BCUT2D eigenvalue weighted by molar-refractivity contribution is 5.41. The molecule has 0 saturated heterocycles. The van der Waals surface area contributed by atoms with Gasteiger partial charge in [-0.25, -0.2) is 0 Å². The Morgan fingerprint density at radius 2 is 2.00 bits per heavy atom. The first-order valence-electron chi connectivity index (χ1n) is 7.38. The van der Waals surface area contributed by atoms with Crippen molar-refractivity contribution in [1.29, 1.82) is 0 Å². The van der Waals surface area contributed by atoms with Gasteiger partial charge in [0.25, 0.3) is 0 Å². The SMILES string of the molecule is CN(C)CCOc1cccc(-n2nc(C(C)(C)C)cc2N)n1. The van der Waals surface area contributed by atoms with E-state index in [4.69, 9.17) is 10.5 Å². The number of nitrogen functional groups attached to an aromatic ring is 1. The lowest BCUT2D eigenvalue weighted by atomic mass is 9.92. The predicted octanol–water partition coefficient (Wildman–Crippen LogP) is 2.09. The summed E-state index contributed by atoms with van der Waals surface area (Å²) in [5.41, 5.74) is 6.95. The van der Waals surface area contributed by atoms with Gasteiger partial charge in [0.05, 0.1) is 5.69 Å². The van der Waals surface area contributed by atoms with Crippen molar-refractivity contribution >= 4 is 5.82 Å². The summed E-state index contributed by atoms with van der Waals surface area (Å²) >= 11 is 0. The summed E-state index contributed by atoms with van der Waals surface area (Å²) in [5, 5.41) is 4.57. The van der Waals surface area contributed by atoms with Gasteiger partial charge in [-0.1, -0.05) is 26.8 Å². The monoisotopic (exact) mass is 303 g/mol. The van der Waals surface area contributed by atoms with E-state index < -0.39 is 0 Å². The second-order valence-corrected chi connectivity index (χ2v) is 6.60. The van der Waals surface area contributed by atoms with Crippen molar-refractivity contribution in [3.8, 4) is 11.7 Å². The number of aromatic nitrogens is 3. The van der Waals surface area contributed by atoms with Crippen molar-refractivity contribution in [3.05, 3.63) is 30.0 Å². The molecule has 0 spiro atoms. The van der Waals surface area contributed by atoms with Gasteiger partial charge in [-0.15, -0.1) is 0 Å². The van der Waals surface area contributed by atoms with Crippen LogP contribution in [0.3, 0.4) is 0 Å². The Morgan fingerprint density at radius 3 is 2.59 bits per heavy atom. The molecule has 0 aliphatic carbocycles. The first kappa shape index (κ1) is 16.3. The Kier molecular flexibility index (Phi) is 4.71. The summed E-state index contributed by atoms with van der Waals surface area (Å²) in [6.45, 7) is 7.74. The van der Waals surface area contributed by atoms with Gasteiger partial charge in [-0.2, -0.15) is 14.8 Å². The molecular weight excluding hydrogens is 278 g/mol. The highest BCUT2D eigenvalue weighted by Gasteiger charge is 2.20. The third kappa shape index (κ3) is 3.98. The van der Waals surface area contributed by atoms with Gasteiger partial charge in [0, 0.05) is 24.1 Å². The second-order valence-electron chi connectivity index (χ2n) is 6.60. The summed E-state index contributed by atoms with van der Waals surface area (Å²) in [6.07, 6.45) is 0. The number of anilines is 1. The van der Waals surface area contributed by atoms with Crippen LogP contribution in [0.1, 0.15) is 26.5 Å². The third-order valence-electron chi connectivity index (χ3n) is 3.22. The molecule has 2 aromatic heterocycles. The maximum Gasteiger partial charge on any atom is 0.215 e. The van der Waals surface area contributed by atoms with Crippen LogP contribution in [0.5, 0.6) is 5.88 Å². The fraction of sp³-hybridized carbons (Fsp3) is 0.500. The smallest absolute Gasteiger partial charge is 0.215 e. The predicted molar refractivity (Wildman–Crippen MR) is 88.5 cm³/mol. The molecule has 0 radical (unpaired) electrons. The summed E-state index contributed by atoms with van der Waals surface area (Å²) in [5.74, 6) is 1.81. The molecule has 6 heteroatoms. The van der Waals surface area contributed by atoms with Gasteiger partial charge in [0.1, 0.15) is 12.4 Å². The highest BCUT2D eigenvalue weighted by atomic mass is 16.5. The van der Waals surface area contributed by atoms with E-state index in [1.807, 2.05) is 38.4 Å². The van der Waals surface area contributed by atoms with Crippen LogP contribution >= 0.6 is 0 Å². The molecule has 0 aromatic carbocycles. The van der Waals surface area contributed by atoms with Crippen LogP contribution < -0.4 is 10.5 Å². The lowest BCUT2D eigenvalue weighted by molar-refractivity contribution is 0.253. The van der Waals surface area contributed by atoms with Crippen LogP contribution in [0.25, 0.3) is 5.82 Å². The lowest BCUT2D eigenvalue weighted by Crippen LogP contribution is -2.19. The molecule has 0 saturated carbocycles. The topological polar surface area (TPSA) is 69.2 Å². The molecule has 120 valence electrons. The molecule has 0 fully saturated rings. The first-order chi connectivity index (χ1) is 10.3. The zero-order chi connectivity index (χ0) is 16.3. The number of hydrogen-bond acceptors (Lipinski definition) is 5. The van der Waals surface area contributed by atoms with Crippen LogP contribution in [-0.2, 0) is 5.41 Å². The summed E-state index contributed by atoms with van der Waals surface area (Å²) in [7, 11) is 4.01. The van der Waals surface area contributed by atoms with Crippen LogP contribution in [0.15, 0.2) is 24.3 Å². The molecule has 6 nitrogen and oxygen atoms in total. The van der Waals surface area contributed by atoms with Crippen LogP contribution in [-0.4, -0.2) is 46.9 Å². The maximum atomic E-state index is 6.07. The molecule has 0 atom stereocenters. The molecular formula is C16H25N5O. The standard InChI is InChI=1S/C16H25N5O/c1-16(2,3)12-11-13(17)21(19-12)14-7-6-8-15(18-14)22-10-9-20(4)5/h6-8,11H,9-10,17H2,1-5H3. The van der Waals surface area contributed by atoms with Crippen molar-refractivity contribution in [2.24, 2.45) is 0 Å². The zero-order valence-electron chi connectivity index (χ0n) is 14.0. The van der Waals surface area contributed by atoms with Gasteiger partial charge in [-0.05, 0) is 20.2 Å². The second kappa shape index (κ2) is 6.36. The molecule has 2 heterocycles. The normalized spacial score (nSPS) is 11.9.